The Labute approximate surface area is 99.1 Å². The molecule has 1 N–H and O–H groups in total. The highest BCUT2D eigenvalue weighted by Gasteiger charge is 2.42. The molecule has 1 unspecified atom stereocenters. The lowest BCUT2D eigenvalue weighted by Crippen LogP contribution is -2.61. The van der Waals surface area contributed by atoms with Gasteiger partial charge in [0.15, 0.2) is 0 Å². The van der Waals surface area contributed by atoms with Crippen LogP contribution in [-0.2, 0) is 6.54 Å². The first-order chi connectivity index (χ1) is 7.27. The van der Waals surface area contributed by atoms with E-state index < -0.39 is 0 Å². The molecule has 0 heterocycles. The molecule has 0 spiro atoms. The third-order valence-corrected chi connectivity index (χ3v) is 3.28. The molecule has 1 rings (SSSR count). The lowest BCUT2D eigenvalue weighted by atomic mass is 10.0. The van der Waals surface area contributed by atoms with E-state index in [1.165, 1.54) is 5.56 Å². The van der Waals surface area contributed by atoms with Crippen LogP contribution in [0.15, 0.2) is 30.3 Å². The monoisotopic (exact) mass is 222 g/mol. The number of rotatable bonds is 3. The molecule has 0 bridgehead atoms. The van der Waals surface area contributed by atoms with Gasteiger partial charge in [-0.15, -0.1) is 0 Å². The van der Waals surface area contributed by atoms with Crippen LogP contribution < -0.4 is 0 Å². The average Bonchev–Trinajstić information content (AvgIpc) is 2.17. The quantitative estimate of drug-likeness (QED) is 0.612. The Bertz CT molecular complexity index is 326. The molecule has 0 saturated carbocycles. The topological polar surface area (TPSA) is 20.2 Å². The zero-order chi connectivity index (χ0) is 12.4. The number of hydrogen-bond donors (Lipinski definition) is 1. The predicted octanol–water partition coefficient (Wildman–Crippen LogP) is 3.60. The van der Waals surface area contributed by atoms with Gasteiger partial charge in [0.1, 0.15) is 18.1 Å². The standard InChI is InChI=1S/C14H24NO/c1-12(2)15(16,14(3,4)5)11-13-9-7-6-8-10-13/h6-10,12,16H,11H2,1-5H3/q+1. The van der Waals surface area contributed by atoms with Gasteiger partial charge in [-0.05, 0) is 34.6 Å². The fourth-order valence-corrected chi connectivity index (χ4v) is 2.06. The first kappa shape index (κ1) is 13.2. The van der Waals surface area contributed by atoms with E-state index in [1.807, 2.05) is 18.2 Å². The van der Waals surface area contributed by atoms with Gasteiger partial charge in [-0.3, -0.25) is 0 Å². The molecule has 0 amide bonds. The van der Waals surface area contributed by atoms with E-state index in [4.69, 9.17) is 0 Å². The van der Waals surface area contributed by atoms with Crippen LogP contribution in [0.2, 0.25) is 0 Å². The highest BCUT2D eigenvalue weighted by atomic mass is 16.6. The Hall–Kier alpha value is -0.860. The number of hydrogen-bond acceptors (Lipinski definition) is 1. The Balaban J connectivity index is 2.98. The van der Waals surface area contributed by atoms with Crippen molar-refractivity contribution in [3.63, 3.8) is 0 Å². The molecule has 1 aromatic carbocycles. The van der Waals surface area contributed by atoms with Crippen LogP contribution in [0, 0.1) is 0 Å². The van der Waals surface area contributed by atoms with E-state index in [0.717, 1.165) is 0 Å². The second-order valence-electron chi connectivity index (χ2n) is 5.73. The Morgan fingerprint density at radius 1 is 1.12 bits per heavy atom. The number of nitrogens with zero attached hydrogens (tertiary/aromatic N) is 1. The van der Waals surface area contributed by atoms with E-state index in [0.29, 0.717) is 6.54 Å². The summed E-state index contributed by atoms with van der Waals surface area (Å²) in [6.07, 6.45) is 0. The molecule has 1 atom stereocenters. The third kappa shape index (κ3) is 2.63. The fraction of sp³-hybridized carbons (Fsp3) is 0.571. The minimum Gasteiger partial charge on any atom is -0.216 e. The molecule has 90 valence electrons. The van der Waals surface area contributed by atoms with Gasteiger partial charge in [0.05, 0.1) is 0 Å². The summed E-state index contributed by atoms with van der Waals surface area (Å²) >= 11 is 0. The summed E-state index contributed by atoms with van der Waals surface area (Å²) in [7, 11) is 0. The summed E-state index contributed by atoms with van der Waals surface area (Å²) in [5.74, 6) is 0. The second-order valence-corrected chi connectivity index (χ2v) is 5.73. The summed E-state index contributed by atoms with van der Waals surface area (Å²) in [5, 5.41) is 10.8. The average molecular weight is 222 g/mol. The van der Waals surface area contributed by atoms with Crippen molar-refractivity contribution in [1.82, 2.24) is 0 Å². The van der Waals surface area contributed by atoms with Crippen LogP contribution in [0.4, 0.5) is 0 Å². The van der Waals surface area contributed by atoms with Gasteiger partial charge in [-0.1, -0.05) is 30.3 Å². The molecule has 0 saturated heterocycles. The van der Waals surface area contributed by atoms with Crippen molar-refractivity contribution < 1.29 is 9.85 Å². The summed E-state index contributed by atoms with van der Waals surface area (Å²) in [4.78, 5) is 0. The predicted molar refractivity (Wildman–Crippen MR) is 67.1 cm³/mol. The van der Waals surface area contributed by atoms with Gasteiger partial charge in [0.25, 0.3) is 0 Å². The molecule has 0 aliphatic rings. The largest absolute Gasteiger partial charge is 0.216 e. The van der Waals surface area contributed by atoms with Crippen molar-refractivity contribution in [3.05, 3.63) is 35.9 Å². The van der Waals surface area contributed by atoms with Gasteiger partial charge in [0, 0.05) is 5.56 Å². The van der Waals surface area contributed by atoms with Crippen molar-refractivity contribution >= 4 is 0 Å². The third-order valence-electron chi connectivity index (χ3n) is 3.28. The molecule has 0 aliphatic carbocycles. The van der Waals surface area contributed by atoms with E-state index in [1.54, 1.807) is 0 Å². The zero-order valence-electron chi connectivity index (χ0n) is 11.1. The first-order valence-corrected chi connectivity index (χ1v) is 5.92. The molecule has 0 fully saturated rings. The minimum absolute atomic E-state index is 0.0665. The number of quaternary nitrogens is 1. The lowest BCUT2D eigenvalue weighted by Gasteiger charge is -2.44. The molecule has 2 nitrogen and oxygen atoms in total. The summed E-state index contributed by atoms with van der Waals surface area (Å²) < 4.78 is 0.0665. The molecular formula is C14H24NO+. The van der Waals surface area contributed by atoms with Crippen LogP contribution in [-0.4, -0.2) is 21.4 Å². The smallest absolute Gasteiger partial charge is 0.135 e. The fourth-order valence-electron chi connectivity index (χ4n) is 2.06. The maximum Gasteiger partial charge on any atom is 0.135 e. The molecule has 0 aromatic heterocycles. The van der Waals surface area contributed by atoms with E-state index in [2.05, 4.69) is 46.8 Å². The SMILES string of the molecule is CC(C)[N+](O)(Cc1ccccc1)C(C)(C)C. The summed E-state index contributed by atoms with van der Waals surface area (Å²) in [6.45, 7) is 11.0. The maximum atomic E-state index is 10.8. The van der Waals surface area contributed by atoms with Gasteiger partial charge < -0.3 is 0 Å². The van der Waals surface area contributed by atoms with E-state index >= 15 is 0 Å². The van der Waals surface area contributed by atoms with Crippen molar-refractivity contribution in [1.29, 1.82) is 0 Å². The summed E-state index contributed by atoms with van der Waals surface area (Å²) in [5.41, 5.74) is 0.998. The van der Waals surface area contributed by atoms with Gasteiger partial charge in [0.2, 0.25) is 0 Å². The molecular weight excluding hydrogens is 198 g/mol. The Kier molecular flexibility index (Phi) is 3.76. The number of benzene rings is 1. The summed E-state index contributed by atoms with van der Waals surface area (Å²) in [6, 6.07) is 10.3. The minimum atomic E-state index is -0.177. The molecule has 0 aliphatic heterocycles. The second kappa shape index (κ2) is 4.56. The zero-order valence-corrected chi connectivity index (χ0v) is 11.1. The lowest BCUT2D eigenvalue weighted by molar-refractivity contribution is -1.16. The van der Waals surface area contributed by atoms with Crippen molar-refractivity contribution in [2.75, 3.05) is 0 Å². The highest BCUT2D eigenvalue weighted by molar-refractivity contribution is 5.13. The van der Waals surface area contributed by atoms with E-state index in [-0.39, 0.29) is 16.2 Å². The van der Waals surface area contributed by atoms with Crippen molar-refractivity contribution in [2.24, 2.45) is 0 Å². The van der Waals surface area contributed by atoms with Crippen LogP contribution in [0.1, 0.15) is 40.2 Å². The molecule has 16 heavy (non-hydrogen) atoms. The van der Waals surface area contributed by atoms with E-state index in [9.17, 15) is 5.21 Å². The maximum absolute atomic E-state index is 10.8. The number of hydroxylamine groups is 3. The Morgan fingerprint density at radius 3 is 2.00 bits per heavy atom. The normalized spacial score (nSPS) is 16.2. The first-order valence-electron chi connectivity index (χ1n) is 5.92. The van der Waals surface area contributed by atoms with Crippen molar-refractivity contribution in [3.8, 4) is 0 Å². The van der Waals surface area contributed by atoms with Crippen LogP contribution >= 0.6 is 0 Å². The highest BCUT2D eigenvalue weighted by Crippen LogP contribution is 2.28. The van der Waals surface area contributed by atoms with Crippen LogP contribution in [0.3, 0.4) is 0 Å². The molecule has 0 radical (unpaired) electrons. The molecule has 1 aromatic rings. The van der Waals surface area contributed by atoms with Crippen LogP contribution in [0.5, 0.6) is 0 Å². The van der Waals surface area contributed by atoms with Gasteiger partial charge in [-0.2, -0.15) is 4.65 Å². The van der Waals surface area contributed by atoms with Gasteiger partial charge in [-0.25, -0.2) is 5.21 Å². The van der Waals surface area contributed by atoms with Crippen LogP contribution in [0.25, 0.3) is 0 Å². The molecule has 2 heteroatoms. The van der Waals surface area contributed by atoms with Gasteiger partial charge >= 0.3 is 0 Å². The van der Waals surface area contributed by atoms with Crippen molar-refractivity contribution in [2.45, 2.75) is 52.7 Å². The Morgan fingerprint density at radius 2 is 1.62 bits per heavy atom.